The maximum Gasteiger partial charge on any atom is 0.237 e. The maximum atomic E-state index is 12.5. The number of anilines is 1. The van der Waals surface area contributed by atoms with Crippen molar-refractivity contribution in [3.63, 3.8) is 0 Å². The number of carbonyl (C=O) groups excluding carboxylic acids is 2. The molecule has 0 radical (unpaired) electrons. The number of pyridine rings is 1. The smallest absolute Gasteiger partial charge is 0.237 e. The molecule has 3 rings (SSSR count). The number of rotatable bonds is 7. The average molecular weight is 395 g/mol. The van der Waals surface area contributed by atoms with Gasteiger partial charge in [0, 0.05) is 35.8 Å². The highest BCUT2D eigenvalue weighted by atomic mass is 32.2. The van der Waals surface area contributed by atoms with Crippen molar-refractivity contribution >= 4 is 29.1 Å². The van der Waals surface area contributed by atoms with E-state index < -0.39 is 0 Å². The lowest BCUT2D eigenvalue weighted by Gasteiger charge is -2.13. The van der Waals surface area contributed by atoms with Gasteiger partial charge in [0.05, 0.1) is 5.25 Å². The first kappa shape index (κ1) is 19.8. The molecule has 0 saturated carbocycles. The molecular weight excluding hydrogens is 374 g/mol. The van der Waals surface area contributed by atoms with Gasteiger partial charge in [0.15, 0.2) is 16.8 Å². The number of nitrogens with one attached hydrogen (secondary N) is 1. The summed E-state index contributed by atoms with van der Waals surface area (Å²) >= 11 is 1.35. The highest BCUT2D eigenvalue weighted by molar-refractivity contribution is 8.00. The van der Waals surface area contributed by atoms with Crippen molar-refractivity contribution in [2.45, 2.75) is 37.7 Å². The van der Waals surface area contributed by atoms with E-state index >= 15 is 0 Å². The third kappa shape index (κ3) is 4.45. The highest BCUT2D eigenvalue weighted by Crippen LogP contribution is 2.27. The fraction of sp³-hybridized carbons (Fsp3) is 0.250. The molecule has 1 N–H and O–H groups in total. The van der Waals surface area contributed by atoms with E-state index in [0.717, 1.165) is 11.4 Å². The van der Waals surface area contributed by atoms with Crippen LogP contribution in [0, 0.1) is 0 Å². The van der Waals surface area contributed by atoms with Crippen LogP contribution in [0.4, 0.5) is 5.69 Å². The first-order valence-corrected chi connectivity index (χ1v) is 9.79. The fourth-order valence-electron chi connectivity index (χ4n) is 2.61. The Labute approximate surface area is 167 Å². The van der Waals surface area contributed by atoms with Gasteiger partial charge in [-0.2, -0.15) is 0 Å². The molecule has 1 amide bonds. The normalized spacial score (nSPS) is 11.8. The second kappa shape index (κ2) is 8.79. The van der Waals surface area contributed by atoms with E-state index in [1.165, 1.54) is 18.7 Å². The summed E-state index contributed by atoms with van der Waals surface area (Å²) in [7, 11) is 0. The molecule has 1 unspecified atom stereocenters. The van der Waals surface area contributed by atoms with E-state index in [1.54, 1.807) is 36.7 Å². The van der Waals surface area contributed by atoms with Gasteiger partial charge in [-0.3, -0.25) is 14.6 Å². The second-order valence-electron chi connectivity index (χ2n) is 6.18. The molecule has 8 heteroatoms. The number of carbonyl (C=O) groups is 2. The number of aromatic nitrogens is 4. The van der Waals surface area contributed by atoms with Gasteiger partial charge in [-0.25, -0.2) is 0 Å². The molecule has 7 nitrogen and oxygen atoms in total. The Hall–Kier alpha value is -3.00. The summed E-state index contributed by atoms with van der Waals surface area (Å²) in [5.74, 6) is 0.574. The molecule has 0 spiro atoms. The monoisotopic (exact) mass is 395 g/mol. The van der Waals surface area contributed by atoms with Gasteiger partial charge in [-0.15, -0.1) is 10.2 Å². The van der Waals surface area contributed by atoms with Crippen LogP contribution in [0.15, 0.2) is 53.9 Å². The average Bonchev–Trinajstić information content (AvgIpc) is 3.11. The SMILES string of the molecule is CCn1c(SC(C)C(=O)Nc2ccc(C(C)=O)cc2)nnc1-c1cccnc1. The van der Waals surface area contributed by atoms with Crippen molar-refractivity contribution in [1.29, 1.82) is 0 Å². The van der Waals surface area contributed by atoms with E-state index in [9.17, 15) is 9.59 Å². The fourth-order valence-corrected chi connectivity index (χ4v) is 3.53. The number of thioether (sulfide) groups is 1. The molecule has 0 aliphatic rings. The van der Waals surface area contributed by atoms with E-state index in [0.29, 0.717) is 23.0 Å². The molecule has 1 aromatic carbocycles. The quantitative estimate of drug-likeness (QED) is 0.485. The van der Waals surface area contributed by atoms with Crippen molar-refractivity contribution < 1.29 is 9.59 Å². The van der Waals surface area contributed by atoms with Gasteiger partial charge < -0.3 is 9.88 Å². The van der Waals surface area contributed by atoms with E-state index in [2.05, 4.69) is 20.5 Å². The van der Waals surface area contributed by atoms with Crippen molar-refractivity contribution in [2.24, 2.45) is 0 Å². The summed E-state index contributed by atoms with van der Waals surface area (Å²) in [6, 6.07) is 10.6. The van der Waals surface area contributed by atoms with Gasteiger partial charge in [-0.1, -0.05) is 11.8 Å². The number of Topliss-reactive ketones (excluding diaryl/α,β-unsaturated/α-hetero) is 1. The minimum atomic E-state index is -0.372. The van der Waals surface area contributed by atoms with E-state index in [-0.39, 0.29) is 16.9 Å². The zero-order valence-electron chi connectivity index (χ0n) is 15.9. The van der Waals surface area contributed by atoms with E-state index in [4.69, 9.17) is 0 Å². The first-order valence-electron chi connectivity index (χ1n) is 8.91. The Bertz CT molecular complexity index is 970. The number of ketones is 1. The summed E-state index contributed by atoms with van der Waals surface area (Å²) in [5.41, 5.74) is 2.14. The summed E-state index contributed by atoms with van der Waals surface area (Å²) in [4.78, 5) is 28.0. The molecule has 0 bridgehead atoms. The second-order valence-corrected chi connectivity index (χ2v) is 7.48. The van der Waals surface area contributed by atoms with Gasteiger partial charge in [0.2, 0.25) is 5.91 Å². The van der Waals surface area contributed by atoms with Crippen molar-refractivity contribution in [1.82, 2.24) is 19.7 Å². The number of amides is 1. The Morgan fingerprint density at radius 3 is 2.54 bits per heavy atom. The lowest BCUT2D eigenvalue weighted by Crippen LogP contribution is -2.23. The summed E-state index contributed by atoms with van der Waals surface area (Å²) in [6.07, 6.45) is 3.45. The molecule has 0 saturated heterocycles. The van der Waals surface area contributed by atoms with Crippen LogP contribution in [0.3, 0.4) is 0 Å². The zero-order valence-corrected chi connectivity index (χ0v) is 16.7. The van der Waals surface area contributed by atoms with Gasteiger partial charge in [0.25, 0.3) is 0 Å². The van der Waals surface area contributed by atoms with Crippen molar-refractivity contribution in [2.75, 3.05) is 5.32 Å². The molecule has 2 aromatic heterocycles. The predicted molar refractivity (Wildman–Crippen MR) is 109 cm³/mol. The minimum absolute atomic E-state index is 0.00915. The van der Waals surface area contributed by atoms with Crippen LogP contribution >= 0.6 is 11.8 Å². The van der Waals surface area contributed by atoms with E-state index in [1.807, 2.05) is 30.5 Å². The topological polar surface area (TPSA) is 89.8 Å². The molecule has 28 heavy (non-hydrogen) atoms. The van der Waals surface area contributed by atoms with Crippen LogP contribution in [0.25, 0.3) is 11.4 Å². The van der Waals surface area contributed by atoms with Crippen LogP contribution in [-0.2, 0) is 11.3 Å². The number of nitrogens with zero attached hydrogens (tertiary/aromatic N) is 4. The molecule has 0 aliphatic heterocycles. The third-order valence-corrected chi connectivity index (χ3v) is 5.24. The molecule has 3 aromatic rings. The van der Waals surface area contributed by atoms with Crippen LogP contribution < -0.4 is 5.32 Å². The third-order valence-electron chi connectivity index (χ3n) is 4.16. The van der Waals surface area contributed by atoms with Gasteiger partial charge in [0.1, 0.15) is 0 Å². The van der Waals surface area contributed by atoms with Gasteiger partial charge in [-0.05, 0) is 57.2 Å². The summed E-state index contributed by atoms with van der Waals surface area (Å²) < 4.78 is 1.97. The van der Waals surface area contributed by atoms with Crippen LogP contribution in [0.1, 0.15) is 31.1 Å². The zero-order chi connectivity index (χ0) is 20.1. The predicted octanol–water partition coefficient (Wildman–Crippen LogP) is 3.68. The Balaban J connectivity index is 1.70. The molecule has 1 atom stereocenters. The molecule has 0 aliphatic carbocycles. The lowest BCUT2D eigenvalue weighted by molar-refractivity contribution is -0.115. The highest BCUT2D eigenvalue weighted by Gasteiger charge is 2.20. The number of benzene rings is 1. The summed E-state index contributed by atoms with van der Waals surface area (Å²) in [6.45, 7) is 6.02. The number of hydrogen-bond donors (Lipinski definition) is 1. The Morgan fingerprint density at radius 2 is 1.93 bits per heavy atom. The van der Waals surface area contributed by atoms with Crippen molar-refractivity contribution in [3.8, 4) is 11.4 Å². The largest absolute Gasteiger partial charge is 0.325 e. The first-order chi connectivity index (χ1) is 13.5. The Kier molecular flexibility index (Phi) is 6.20. The Morgan fingerprint density at radius 1 is 1.18 bits per heavy atom. The summed E-state index contributed by atoms with van der Waals surface area (Å²) in [5, 5.41) is 11.7. The number of hydrogen-bond acceptors (Lipinski definition) is 6. The van der Waals surface area contributed by atoms with Gasteiger partial charge >= 0.3 is 0 Å². The van der Waals surface area contributed by atoms with Crippen LogP contribution in [-0.4, -0.2) is 36.7 Å². The molecule has 0 fully saturated rings. The maximum absolute atomic E-state index is 12.5. The van der Waals surface area contributed by atoms with Crippen LogP contribution in [0.5, 0.6) is 0 Å². The molecule has 144 valence electrons. The molecular formula is C20H21N5O2S. The minimum Gasteiger partial charge on any atom is -0.325 e. The van der Waals surface area contributed by atoms with Crippen molar-refractivity contribution in [3.05, 3.63) is 54.4 Å². The lowest BCUT2D eigenvalue weighted by atomic mass is 10.1. The standard InChI is InChI=1S/C20H21N5O2S/c1-4-25-18(16-6-5-11-21-12-16)23-24-20(25)28-14(3)19(27)22-17-9-7-15(8-10-17)13(2)26/h5-12,14H,4H2,1-3H3,(H,22,27). The molecule has 2 heterocycles. The van der Waals surface area contributed by atoms with Crippen LogP contribution in [0.2, 0.25) is 0 Å².